The van der Waals surface area contributed by atoms with Gasteiger partial charge in [-0.1, -0.05) is 17.3 Å². The van der Waals surface area contributed by atoms with Crippen LogP contribution in [-0.2, 0) is 11.3 Å². The number of halogens is 2. The molecule has 0 bridgehead atoms. The zero-order valence-corrected chi connectivity index (χ0v) is 16.1. The van der Waals surface area contributed by atoms with E-state index in [4.69, 9.17) is 4.74 Å². The van der Waals surface area contributed by atoms with E-state index in [-0.39, 0.29) is 12.1 Å². The van der Waals surface area contributed by atoms with Crippen molar-refractivity contribution in [2.75, 3.05) is 20.2 Å². The molecule has 28 heavy (non-hydrogen) atoms. The second-order valence-electron chi connectivity index (χ2n) is 8.64. The van der Waals surface area contributed by atoms with E-state index in [0.717, 1.165) is 31.6 Å². The van der Waals surface area contributed by atoms with Crippen molar-refractivity contribution in [3.05, 3.63) is 47.3 Å². The molecule has 0 spiro atoms. The van der Waals surface area contributed by atoms with Crippen LogP contribution in [0.25, 0.3) is 0 Å². The first kappa shape index (κ1) is 18.2. The molecule has 1 aromatic carbocycles. The standard InChI is InChI=1S/C21H26F2N4O/c1-28-20-8-16-11-26(9-14-3-2-4-17(22)21(14)23)10-15(16)7-19(20)27-12-18(24-25-27)13-5-6-13/h2-4,12-13,15-16,19-20H,5-11H2,1H3/t15-,16+,19-,20-/m1/s1. The third-order valence-corrected chi connectivity index (χ3v) is 6.75. The number of nitrogens with zero attached hydrogens (tertiary/aromatic N) is 4. The van der Waals surface area contributed by atoms with Crippen molar-refractivity contribution in [2.45, 2.75) is 50.3 Å². The molecule has 4 atom stereocenters. The molecule has 0 amide bonds. The van der Waals surface area contributed by atoms with E-state index in [1.807, 2.05) is 4.68 Å². The number of benzene rings is 1. The molecule has 1 saturated heterocycles. The normalized spacial score (nSPS) is 30.5. The van der Waals surface area contributed by atoms with Crippen LogP contribution < -0.4 is 0 Å². The molecule has 5 nitrogen and oxygen atoms in total. The van der Waals surface area contributed by atoms with Gasteiger partial charge in [-0.2, -0.15) is 0 Å². The van der Waals surface area contributed by atoms with Gasteiger partial charge in [-0.05, 0) is 43.6 Å². The minimum Gasteiger partial charge on any atom is -0.379 e. The molecule has 5 rings (SSSR count). The minimum absolute atomic E-state index is 0.112. The highest BCUT2D eigenvalue weighted by Gasteiger charge is 2.43. The number of hydrogen-bond acceptors (Lipinski definition) is 4. The Balaban J connectivity index is 1.29. The van der Waals surface area contributed by atoms with E-state index in [9.17, 15) is 8.78 Å². The number of methoxy groups -OCH3 is 1. The van der Waals surface area contributed by atoms with Crippen LogP contribution in [0, 0.1) is 23.5 Å². The van der Waals surface area contributed by atoms with E-state index in [0.29, 0.717) is 29.9 Å². The Bertz CT molecular complexity index is 853. The lowest BCUT2D eigenvalue weighted by molar-refractivity contribution is -0.00546. The molecule has 1 aromatic heterocycles. The summed E-state index contributed by atoms with van der Waals surface area (Å²) in [5.74, 6) is 0.131. The van der Waals surface area contributed by atoms with Gasteiger partial charge >= 0.3 is 0 Å². The van der Waals surface area contributed by atoms with Gasteiger partial charge in [0, 0.05) is 44.4 Å². The minimum atomic E-state index is -0.772. The molecule has 150 valence electrons. The molecule has 2 aromatic rings. The molecule has 2 saturated carbocycles. The topological polar surface area (TPSA) is 43.2 Å². The maximum atomic E-state index is 14.1. The van der Waals surface area contributed by atoms with Crippen LogP contribution >= 0.6 is 0 Å². The van der Waals surface area contributed by atoms with E-state index in [2.05, 4.69) is 21.4 Å². The Morgan fingerprint density at radius 3 is 2.68 bits per heavy atom. The lowest BCUT2D eigenvalue weighted by atomic mass is 9.77. The van der Waals surface area contributed by atoms with Gasteiger partial charge in [-0.3, -0.25) is 4.90 Å². The van der Waals surface area contributed by atoms with Crippen molar-refractivity contribution in [3.8, 4) is 0 Å². The van der Waals surface area contributed by atoms with Crippen LogP contribution in [0.4, 0.5) is 8.78 Å². The van der Waals surface area contributed by atoms with Crippen molar-refractivity contribution in [2.24, 2.45) is 11.8 Å². The summed E-state index contributed by atoms with van der Waals surface area (Å²) in [6.45, 7) is 2.25. The summed E-state index contributed by atoms with van der Waals surface area (Å²) in [7, 11) is 1.77. The number of rotatable bonds is 5. The molecule has 0 unspecified atom stereocenters. The maximum absolute atomic E-state index is 14.1. The van der Waals surface area contributed by atoms with Crippen LogP contribution in [0.5, 0.6) is 0 Å². The fraction of sp³-hybridized carbons (Fsp3) is 0.619. The quantitative estimate of drug-likeness (QED) is 0.786. The zero-order valence-electron chi connectivity index (χ0n) is 16.1. The lowest BCUT2D eigenvalue weighted by Gasteiger charge is -2.37. The van der Waals surface area contributed by atoms with E-state index in [1.165, 1.54) is 18.9 Å². The number of likely N-dealkylation sites (tertiary alicyclic amines) is 1. The van der Waals surface area contributed by atoms with Crippen molar-refractivity contribution in [1.29, 1.82) is 0 Å². The van der Waals surface area contributed by atoms with Gasteiger partial charge in [0.1, 0.15) is 0 Å². The lowest BCUT2D eigenvalue weighted by Crippen LogP contribution is -2.37. The summed E-state index contributed by atoms with van der Waals surface area (Å²) < 4.78 is 35.4. The Labute approximate surface area is 163 Å². The summed E-state index contributed by atoms with van der Waals surface area (Å²) in [5, 5.41) is 8.77. The molecule has 0 radical (unpaired) electrons. The van der Waals surface area contributed by atoms with Gasteiger partial charge in [-0.15, -0.1) is 5.10 Å². The number of aromatic nitrogens is 3. The van der Waals surface area contributed by atoms with Crippen molar-refractivity contribution in [3.63, 3.8) is 0 Å². The summed E-state index contributed by atoms with van der Waals surface area (Å²) in [4.78, 5) is 2.25. The predicted octanol–water partition coefficient (Wildman–Crippen LogP) is 3.53. The molecule has 1 aliphatic heterocycles. The molecule has 3 fully saturated rings. The molecule has 0 N–H and O–H groups in total. The highest BCUT2D eigenvalue weighted by atomic mass is 19.2. The van der Waals surface area contributed by atoms with Gasteiger partial charge < -0.3 is 4.74 Å². The first-order valence-electron chi connectivity index (χ1n) is 10.2. The average molecular weight is 388 g/mol. The largest absolute Gasteiger partial charge is 0.379 e. The van der Waals surface area contributed by atoms with E-state index in [1.54, 1.807) is 19.2 Å². The van der Waals surface area contributed by atoms with Crippen LogP contribution in [0.2, 0.25) is 0 Å². The average Bonchev–Trinajstić information content (AvgIpc) is 3.29. The highest BCUT2D eigenvalue weighted by Crippen LogP contribution is 2.44. The molecular formula is C21H26F2N4O. The van der Waals surface area contributed by atoms with Gasteiger partial charge in [0.05, 0.1) is 17.8 Å². The van der Waals surface area contributed by atoms with Crippen LogP contribution in [0.15, 0.2) is 24.4 Å². The van der Waals surface area contributed by atoms with Gasteiger partial charge in [-0.25, -0.2) is 13.5 Å². The number of ether oxygens (including phenoxy) is 1. The van der Waals surface area contributed by atoms with Crippen LogP contribution in [-0.4, -0.2) is 46.2 Å². The number of fused-ring (bicyclic) bond motifs is 1. The Morgan fingerprint density at radius 1 is 1.14 bits per heavy atom. The maximum Gasteiger partial charge on any atom is 0.163 e. The van der Waals surface area contributed by atoms with Gasteiger partial charge in [0.25, 0.3) is 0 Å². The monoisotopic (exact) mass is 388 g/mol. The van der Waals surface area contributed by atoms with Crippen LogP contribution in [0.1, 0.15) is 48.9 Å². The Kier molecular flexibility index (Phi) is 4.67. The van der Waals surface area contributed by atoms with Gasteiger partial charge in [0.15, 0.2) is 11.6 Å². The Morgan fingerprint density at radius 2 is 1.93 bits per heavy atom. The number of hydrogen-bond donors (Lipinski definition) is 0. The zero-order chi connectivity index (χ0) is 19.3. The third-order valence-electron chi connectivity index (χ3n) is 6.75. The summed E-state index contributed by atoms with van der Waals surface area (Å²) >= 11 is 0. The summed E-state index contributed by atoms with van der Waals surface area (Å²) in [5.41, 5.74) is 1.54. The second-order valence-corrected chi connectivity index (χ2v) is 8.64. The van der Waals surface area contributed by atoms with Crippen molar-refractivity contribution < 1.29 is 13.5 Å². The first-order chi connectivity index (χ1) is 13.6. The smallest absolute Gasteiger partial charge is 0.163 e. The summed E-state index contributed by atoms with van der Waals surface area (Å²) in [6, 6.07) is 4.62. The van der Waals surface area contributed by atoms with E-state index < -0.39 is 11.6 Å². The summed E-state index contributed by atoms with van der Waals surface area (Å²) in [6.07, 6.45) is 6.59. The molecule has 7 heteroatoms. The predicted molar refractivity (Wildman–Crippen MR) is 99.7 cm³/mol. The molecule has 2 aliphatic carbocycles. The second kappa shape index (κ2) is 7.19. The van der Waals surface area contributed by atoms with E-state index >= 15 is 0 Å². The highest BCUT2D eigenvalue weighted by molar-refractivity contribution is 5.19. The SMILES string of the molecule is CO[C@@H]1C[C@H]2CN(Cc3cccc(F)c3F)C[C@H]2C[C@H]1n1cc(C2CC2)nn1. The Hall–Kier alpha value is -1.86. The van der Waals surface area contributed by atoms with Crippen LogP contribution in [0.3, 0.4) is 0 Å². The molecule has 2 heterocycles. The third kappa shape index (κ3) is 3.35. The van der Waals surface area contributed by atoms with Gasteiger partial charge in [0.2, 0.25) is 0 Å². The molecular weight excluding hydrogens is 362 g/mol. The molecule has 3 aliphatic rings. The fourth-order valence-electron chi connectivity index (χ4n) is 5.08. The van der Waals surface area contributed by atoms with Crippen molar-refractivity contribution >= 4 is 0 Å². The van der Waals surface area contributed by atoms with Crippen molar-refractivity contribution in [1.82, 2.24) is 19.9 Å². The first-order valence-corrected chi connectivity index (χ1v) is 10.2. The fourth-order valence-corrected chi connectivity index (χ4v) is 5.08.